The van der Waals surface area contributed by atoms with Crippen LogP contribution < -0.4 is 10.1 Å². The lowest BCUT2D eigenvalue weighted by molar-refractivity contribution is 0.0853. The van der Waals surface area contributed by atoms with E-state index in [1.807, 2.05) is 0 Å². The number of halogens is 1. The summed E-state index contributed by atoms with van der Waals surface area (Å²) in [5.74, 6) is -0.0590. The van der Waals surface area contributed by atoms with Crippen molar-refractivity contribution in [3.8, 4) is 11.5 Å². The van der Waals surface area contributed by atoms with Gasteiger partial charge in [0.1, 0.15) is 0 Å². The average Bonchev–Trinajstić information content (AvgIpc) is 2.34. The molecule has 1 aliphatic rings. The molecule has 2 N–H and O–H groups in total. The summed E-state index contributed by atoms with van der Waals surface area (Å²) in [6.45, 7) is 0. The van der Waals surface area contributed by atoms with Gasteiger partial charge in [0.05, 0.1) is 18.2 Å². The minimum Gasteiger partial charge on any atom is -0.504 e. The molecule has 0 radical (unpaired) electrons. The van der Waals surface area contributed by atoms with Crippen molar-refractivity contribution < 1.29 is 14.6 Å². The summed E-state index contributed by atoms with van der Waals surface area (Å²) < 4.78 is 4.99. The summed E-state index contributed by atoms with van der Waals surface area (Å²) >= 11 is 3.43. The van der Waals surface area contributed by atoms with Gasteiger partial charge >= 0.3 is 0 Å². The number of carbonyl (C=O) groups excluding carboxylic acids is 1. The molecule has 2 rings (SSSR count). The molecule has 1 fully saturated rings. The number of rotatable bonds is 4. The van der Waals surface area contributed by atoms with Gasteiger partial charge in [-0.3, -0.25) is 4.79 Å². The summed E-state index contributed by atoms with van der Waals surface area (Å²) in [6.07, 6.45) is 3.05. The topological polar surface area (TPSA) is 58.6 Å². The molecule has 0 aromatic heterocycles. The zero-order chi connectivity index (χ0) is 13.2. The molecule has 0 heterocycles. The fourth-order valence-corrected chi connectivity index (χ4v) is 2.77. The van der Waals surface area contributed by atoms with Gasteiger partial charge in [-0.1, -0.05) is 22.0 Å². The minimum absolute atomic E-state index is 0.110. The van der Waals surface area contributed by atoms with Gasteiger partial charge in [-0.05, 0) is 31.4 Å². The summed E-state index contributed by atoms with van der Waals surface area (Å²) in [4.78, 5) is 12.2. The van der Waals surface area contributed by atoms with E-state index in [-0.39, 0.29) is 22.8 Å². The lowest BCUT2D eigenvalue weighted by Gasteiger charge is -2.41. The van der Waals surface area contributed by atoms with Crippen LogP contribution in [0.25, 0.3) is 0 Å². The van der Waals surface area contributed by atoms with Crippen LogP contribution in [-0.2, 0) is 0 Å². The molecule has 0 aliphatic heterocycles. The van der Waals surface area contributed by atoms with E-state index in [2.05, 4.69) is 21.2 Å². The predicted octanol–water partition coefficient (Wildman–Crippen LogP) is 2.45. The number of nitrogens with one attached hydrogen (secondary N) is 1. The summed E-state index contributed by atoms with van der Waals surface area (Å²) in [7, 11) is 1.46. The van der Waals surface area contributed by atoms with Crippen molar-refractivity contribution in [2.45, 2.75) is 24.8 Å². The van der Waals surface area contributed by atoms with E-state index in [1.54, 1.807) is 18.2 Å². The monoisotopic (exact) mass is 313 g/mol. The van der Waals surface area contributed by atoms with Crippen molar-refractivity contribution in [2.75, 3.05) is 12.4 Å². The van der Waals surface area contributed by atoms with Gasteiger partial charge in [0.15, 0.2) is 11.5 Å². The average molecular weight is 314 g/mol. The number of aromatic hydroxyl groups is 1. The van der Waals surface area contributed by atoms with Crippen LogP contribution in [0.2, 0.25) is 0 Å². The van der Waals surface area contributed by atoms with Crippen molar-refractivity contribution in [3.05, 3.63) is 23.8 Å². The van der Waals surface area contributed by atoms with E-state index in [0.29, 0.717) is 5.75 Å². The highest BCUT2D eigenvalue weighted by Crippen LogP contribution is 2.35. The van der Waals surface area contributed by atoms with Gasteiger partial charge in [-0.2, -0.15) is 0 Å². The zero-order valence-corrected chi connectivity index (χ0v) is 11.8. The van der Waals surface area contributed by atoms with E-state index in [4.69, 9.17) is 4.74 Å². The van der Waals surface area contributed by atoms with Gasteiger partial charge in [0, 0.05) is 5.33 Å². The molecule has 0 unspecified atom stereocenters. The van der Waals surface area contributed by atoms with Crippen LogP contribution in [-0.4, -0.2) is 29.0 Å². The van der Waals surface area contributed by atoms with E-state index < -0.39 is 0 Å². The Balaban J connectivity index is 2.19. The number of hydrogen-bond donors (Lipinski definition) is 2. The van der Waals surface area contributed by atoms with E-state index in [9.17, 15) is 9.90 Å². The smallest absolute Gasteiger partial charge is 0.255 e. The Bertz CT molecular complexity index is 452. The molecule has 1 amide bonds. The quantitative estimate of drug-likeness (QED) is 0.839. The maximum Gasteiger partial charge on any atom is 0.255 e. The maximum absolute atomic E-state index is 12.2. The Morgan fingerprint density at radius 3 is 2.78 bits per heavy atom. The van der Waals surface area contributed by atoms with E-state index in [0.717, 1.165) is 24.6 Å². The fraction of sp³-hybridized carbons (Fsp3) is 0.462. The first-order chi connectivity index (χ1) is 8.62. The highest BCUT2D eigenvalue weighted by atomic mass is 79.9. The van der Waals surface area contributed by atoms with E-state index in [1.165, 1.54) is 7.11 Å². The molecule has 1 aromatic carbocycles. The normalized spacial score (nSPS) is 16.8. The molecule has 98 valence electrons. The number of phenols is 1. The van der Waals surface area contributed by atoms with Gasteiger partial charge in [0.2, 0.25) is 0 Å². The summed E-state index contributed by atoms with van der Waals surface area (Å²) in [5.41, 5.74) is 0.0913. The van der Waals surface area contributed by atoms with Crippen molar-refractivity contribution in [1.29, 1.82) is 0 Å². The molecule has 1 aliphatic carbocycles. The second-order valence-corrected chi connectivity index (χ2v) is 5.14. The predicted molar refractivity (Wildman–Crippen MR) is 72.5 cm³/mol. The Morgan fingerprint density at radius 2 is 2.28 bits per heavy atom. The van der Waals surface area contributed by atoms with E-state index >= 15 is 0 Å². The van der Waals surface area contributed by atoms with Crippen LogP contribution >= 0.6 is 15.9 Å². The first kappa shape index (κ1) is 13.2. The van der Waals surface area contributed by atoms with Crippen LogP contribution in [0.1, 0.15) is 29.6 Å². The number of benzene rings is 1. The van der Waals surface area contributed by atoms with Gasteiger partial charge in [-0.15, -0.1) is 0 Å². The number of hydrogen-bond acceptors (Lipinski definition) is 3. The minimum atomic E-state index is -0.259. The first-order valence-electron chi connectivity index (χ1n) is 5.86. The van der Waals surface area contributed by atoms with Gasteiger partial charge in [-0.25, -0.2) is 0 Å². The molecule has 1 aromatic rings. The largest absolute Gasteiger partial charge is 0.504 e. The maximum atomic E-state index is 12.2. The molecule has 18 heavy (non-hydrogen) atoms. The van der Waals surface area contributed by atoms with Crippen LogP contribution in [0.4, 0.5) is 0 Å². The number of alkyl halides is 1. The van der Waals surface area contributed by atoms with Crippen LogP contribution in [0.5, 0.6) is 11.5 Å². The second-order valence-electron chi connectivity index (χ2n) is 4.58. The Kier molecular flexibility index (Phi) is 3.80. The fourth-order valence-electron chi connectivity index (χ4n) is 2.07. The molecule has 0 atom stereocenters. The Morgan fingerprint density at radius 1 is 1.56 bits per heavy atom. The highest BCUT2D eigenvalue weighted by Gasteiger charge is 2.37. The van der Waals surface area contributed by atoms with Crippen LogP contribution in [0.15, 0.2) is 18.2 Å². The van der Waals surface area contributed by atoms with Gasteiger partial charge < -0.3 is 15.2 Å². The molecule has 1 saturated carbocycles. The summed E-state index contributed by atoms with van der Waals surface area (Å²) in [6, 6.07) is 4.90. The van der Waals surface area contributed by atoms with Crippen LogP contribution in [0.3, 0.4) is 0 Å². The van der Waals surface area contributed by atoms with Crippen molar-refractivity contribution in [1.82, 2.24) is 5.32 Å². The SMILES string of the molecule is COc1cccc(C(=O)NC2(CBr)CCC2)c1O. The molecule has 0 saturated heterocycles. The third-order valence-corrected chi connectivity index (χ3v) is 4.48. The number of amides is 1. The standard InChI is InChI=1S/C13H16BrNO3/c1-18-10-5-2-4-9(11(10)16)12(17)15-13(8-14)6-3-7-13/h2,4-5,16H,3,6-8H2,1H3,(H,15,17). The number of carbonyl (C=O) groups is 1. The second kappa shape index (κ2) is 5.18. The Labute approximate surface area is 114 Å². The highest BCUT2D eigenvalue weighted by molar-refractivity contribution is 9.09. The number of phenolic OH excluding ortho intramolecular Hbond substituents is 1. The van der Waals surface area contributed by atoms with Crippen LogP contribution in [0, 0.1) is 0 Å². The zero-order valence-electron chi connectivity index (χ0n) is 10.2. The molecular weight excluding hydrogens is 298 g/mol. The van der Waals surface area contributed by atoms with Gasteiger partial charge in [0.25, 0.3) is 5.91 Å². The number of methoxy groups -OCH3 is 1. The molecule has 0 bridgehead atoms. The third kappa shape index (κ3) is 2.32. The first-order valence-corrected chi connectivity index (χ1v) is 6.98. The number of ether oxygens (including phenoxy) is 1. The molecule has 0 spiro atoms. The van der Waals surface area contributed by atoms with Crippen molar-refractivity contribution in [3.63, 3.8) is 0 Å². The summed E-state index contributed by atoms with van der Waals surface area (Å²) in [5, 5.41) is 13.6. The molecular formula is C13H16BrNO3. The van der Waals surface area contributed by atoms with Crippen molar-refractivity contribution >= 4 is 21.8 Å². The van der Waals surface area contributed by atoms with Crippen molar-refractivity contribution in [2.24, 2.45) is 0 Å². The molecule has 5 heteroatoms. The molecule has 4 nitrogen and oxygen atoms in total. The Hall–Kier alpha value is -1.23. The third-order valence-electron chi connectivity index (χ3n) is 3.41. The number of para-hydroxylation sites is 1. The lowest BCUT2D eigenvalue weighted by Crippen LogP contribution is -2.54. The lowest BCUT2D eigenvalue weighted by atomic mass is 9.78.